The summed E-state index contributed by atoms with van der Waals surface area (Å²) in [5.74, 6) is 0.347. The SMILES string of the molecule is CCOC(=O)c1c(C)cc(=O)n(Cc2nccn2C)c1C. The number of carbonyl (C=O) groups is 1. The normalized spacial score (nSPS) is 10.7. The lowest BCUT2D eigenvalue weighted by Gasteiger charge is -2.15. The summed E-state index contributed by atoms with van der Waals surface area (Å²) in [5, 5.41) is 0. The fourth-order valence-electron chi connectivity index (χ4n) is 2.32. The van der Waals surface area contributed by atoms with Crippen LogP contribution < -0.4 is 5.56 Å². The number of imidazole rings is 1. The van der Waals surface area contributed by atoms with Gasteiger partial charge in [-0.05, 0) is 26.3 Å². The van der Waals surface area contributed by atoms with E-state index in [0.717, 1.165) is 5.82 Å². The van der Waals surface area contributed by atoms with E-state index in [-0.39, 0.29) is 5.56 Å². The summed E-state index contributed by atoms with van der Waals surface area (Å²) in [5.41, 5.74) is 1.53. The van der Waals surface area contributed by atoms with E-state index in [2.05, 4.69) is 4.98 Å². The average Bonchev–Trinajstić information content (AvgIpc) is 2.80. The van der Waals surface area contributed by atoms with Crippen molar-refractivity contribution in [2.24, 2.45) is 7.05 Å². The van der Waals surface area contributed by atoms with E-state index in [1.807, 2.05) is 17.8 Å². The molecule has 0 aliphatic heterocycles. The van der Waals surface area contributed by atoms with Gasteiger partial charge in [0.1, 0.15) is 5.82 Å². The predicted molar refractivity (Wildman–Crippen MR) is 78.4 cm³/mol. The van der Waals surface area contributed by atoms with Gasteiger partial charge in [0.05, 0.1) is 18.7 Å². The minimum absolute atomic E-state index is 0.152. The van der Waals surface area contributed by atoms with Gasteiger partial charge in [-0.15, -0.1) is 0 Å². The van der Waals surface area contributed by atoms with Gasteiger partial charge in [-0.25, -0.2) is 9.78 Å². The third kappa shape index (κ3) is 2.89. The number of carbonyl (C=O) groups excluding carboxylic acids is 1. The Morgan fingerprint density at radius 3 is 2.67 bits per heavy atom. The molecule has 0 radical (unpaired) electrons. The molecule has 2 aromatic rings. The number of nitrogens with zero attached hydrogens (tertiary/aromatic N) is 3. The van der Waals surface area contributed by atoms with Gasteiger partial charge in [-0.2, -0.15) is 0 Å². The monoisotopic (exact) mass is 289 g/mol. The Kier molecular flexibility index (Phi) is 4.26. The highest BCUT2D eigenvalue weighted by Crippen LogP contribution is 2.14. The fourth-order valence-corrected chi connectivity index (χ4v) is 2.32. The molecular weight excluding hydrogens is 270 g/mol. The van der Waals surface area contributed by atoms with Gasteiger partial charge in [-0.1, -0.05) is 0 Å². The molecule has 0 aliphatic rings. The van der Waals surface area contributed by atoms with Crippen LogP contribution in [0, 0.1) is 13.8 Å². The largest absolute Gasteiger partial charge is 0.462 e. The molecule has 0 atom stereocenters. The van der Waals surface area contributed by atoms with Crippen LogP contribution in [0.15, 0.2) is 23.3 Å². The molecule has 2 aromatic heterocycles. The molecule has 0 N–H and O–H groups in total. The second kappa shape index (κ2) is 5.95. The summed E-state index contributed by atoms with van der Waals surface area (Å²) in [4.78, 5) is 28.5. The van der Waals surface area contributed by atoms with Crippen molar-refractivity contribution >= 4 is 5.97 Å². The van der Waals surface area contributed by atoms with Crippen LogP contribution in [0.5, 0.6) is 0 Å². The summed E-state index contributed by atoms with van der Waals surface area (Å²) in [7, 11) is 1.86. The summed E-state index contributed by atoms with van der Waals surface area (Å²) in [6.07, 6.45) is 3.49. The van der Waals surface area contributed by atoms with Crippen molar-refractivity contribution in [3.8, 4) is 0 Å². The first-order valence-electron chi connectivity index (χ1n) is 6.80. The zero-order chi connectivity index (χ0) is 15.6. The third-order valence-electron chi connectivity index (χ3n) is 3.47. The lowest BCUT2D eigenvalue weighted by atomic mass is 10.1. The molecule has 6 heteroatoms. The molecule has 0 aliphatic carbocycles. The molecule has 0 spiro atoms. The van der Waals surface area contributed by atoms with Crippen LogP contribution in [0.3, 0.4) is 0 Å². The van der Waals surface area contributed by atoms with Crippen LogP contribution in [-0.2, 0) is 18.3 Å². The quantitative estimate of drug-likeness (QED) is 0.799. The Balaban J connectivity index is 2.51. The molecule has 0 amide bonds. The molecule has 0 saturated carbocycles. The van der Waals surface area contributed by atoms with Crippen molar-refractivity contribution in [2.75, 3.05) is 6.61 Å². The maximum atomic E-state index is 12.2. The first kappa shape index (κ1) is 15.0. The Morgan fingerprint density at radius 1 is 1.38 bits per heavy atom. The summed E-state index contributed by atoms with van der Waals surface area (Å²) in [6, 6.07) is 1.46. The van der Waals surface area contributed by atoms with Crippen LogP contribution in [0.2, 0.25) is 0 Å². The maximum absolute atomic E-state index is 12.2. The van der Waals surface area contributed by atoms with Crippen LogP contribution >= 0.6 is 0 Å². The Hall–Kier alpha value is -2.37. The van der Waals surface area contributed by atoms with Gasteiger partial charge in [0.2, 0.25) is 0 Å². The van der Waals surface area contributed by atoms with E-state index >= 15 is 0 Å². The zero-order valence-corrected chi connectivity index (χ0v) is 12.7. The highest BCUT2D eigenvalue weighted by Gasteiger charge is 2.18. The fraction of sp³-hybridized carbons (Fsp3) is 0.400. The molecule has 21 heavy (non-hydrogen) atoms. The van der Waals surface area contributed by atoms with E-state index in [0.29, 0.717) is 30.0 Å². The third-order valence-corrected chi connectivity index (χ3v) is 3.47. The van der Waals surface area contributed by atoms with Gasteiger partial charge in [-0.3, -0.25) is 4.79 Å². The Bertz CT molecular complexity index is 728. The highest BCUT2D eigenvalue weighted by atomic mass is 16.5. The zero-order valence-electron chi connectivity index (χ0n) is 12.7. The van der Waals surface area contributed by atoms with Crippen molar-refractivity contribution in [3.05, 3.63) is 51.5 Å². The first-order valence-corrected chi connectivity index (χ1v) is 6.80. The molecule has 0 unspecified atom stereocenters. The lowest BCUT2D eigenvalue weighted by molar-refractivity contribution is 0.0523. The van der Waals surface area contributed by atoms with Crippen LogP contribution in [0.4, 0.5) is 0 Å². The number of hydrogen-bond donors (Lipinski definition) is 0. The van der Waals surface area contributed by atoms with E-state index in [4.69, 9.17) is 4.74 Å². The van der Waals surface area contributed by atoms with Crippen LogP contribution in [0.25, 0.3) is 0 Å². The number of rotatable bonds is 4. The van der Waals surface area contributed by atoms with E-state index in [1.54, 1.807) is 31.5 Å². The predicted octanol–water partition coefficient (Wildman–Crippen LogP) is 1.42. The van der Waals surface area contributed by atoms with E-state index in [1.165, 1.54) is 6.07 Å². The molecule has 2 heterocycles. The number of aromatic nitrogens is 3. The van der Waals surface area contributed by atoms with Crippen molar-refractivity contribution in [1.29, 1.82) is 0 Å². The molecule has 0 aromatic carbocycles. The summed E-state index contributed by atoms with van der Waals surface area (Å²) in [6.45, 7) is 5.87. The standard InChI is InChI=1S/C15H19N3O3/c1-5-21-15(20)14-10(2)8-13(19)18(11(14)3)9-12-16-6-7-17(12)4/h6-8H,5,9H2,1-4H3. The van der Waals surface area contributed by atoms with Crippen molar-refractivity contribution in [2.45, 2.75) is 27.3 Å². The average molecular weight is 289 g/mol. The molecule has 0 saturated heterocycles. The molecule has 0 bridgehead atoms. The highest BCUT2D eigenvalue weighted by molar-refractivity contribution is 5.92. The molecule has 6 nitrogen and oxygen atoms in total. The first-order chi connectivity index (χ1) is 9.95. The second-order valence-electron chi connectivity index (χ2n) is 4.89. The number of ether oxygens (including phenoxy) is 1. The Morgan fingerprint density at radius 2 is 2.10 bits per heavy atom. The van der Waals surface area contributed by atoms with E-state index in [9.17, 15) is 9.59 Å². The minimum Gasteiger partial charge on any atom is -0.462 e. The number of pyridine rings is 1. The van der Waals surface area contributed by atoms with Crippen LogP contribution in [0.1, 0.15) is 34.4 Å². The van der Waals surface area contributed by atoms with Crippen molar-refractivity contribution < 1.29 is 9.53 Å². The number of aryl methyl sites for hydroxylation is 2. The van der Waals surface area contributed by atoms with Gasteiger partial charge in [0.15, 0.2) is 0 Å². The maximum Gasteiger partial charge on any atom is 0.340 e. The van der Waals surface area contributed by atoms with E-state index < -0.39 is 5.97 Å². The van der Waals surface area contributed by atoms with Crippen molar-refractivity contribution in [1.82, 2.24) is 14.1 Å². The summed E-state index contributed by atoms with van der Waals surface area (Å²) < 4.78 is 8.45. The molecular formula is C15H19N3O3. The second-order valence-corrected chi connectivity index (χ2v) is 4.89. The number of esters is 1. The smallest absolute Gasteiger partial charge is 0.340 e. The minimum atomic E-state index is -0.402. The topological polar surface area (TPSA) is 66.1 Å². The summed E-state index contributed by atoms with van der Waals surface area (Å²) >= 11 is 0. The Labute approximate surface area is 123 Å². The van der Waals surface area contributed by atoms with Crippen LogP contribution in [-0.4, -0.2) is 26.7 Å². The van der Waals surface area contributed by atoms with Crippen molar-refractivity contribution in [3.63, 3.8) is 0 Å². The lowest BCUT2D eigenvalue weighted by Crippen LogP contribution is -2.27. The van der Waals surface area contributed by atoms with Gasteiger partial charge in [0.25, 0.3) is 5.56 Å². The van der Waals surface area contributed by atoms with Gasteiger partial charge < -0.3 is 13.9 Å². The number of hydrogen-bond acceptors (Lipinski definition) is 4. The molecule has 2 rings (SSSR count). The van der Waals surface area contributed by atoms with Gasteiger partial charge in [0, 0.05) is 31.2 Å². The molecule has 112 valence electrons. The molecule has 0 fully saturated rings. The van der Waals surface area contributed by atoms with Gasteiger partial charge >= 0.3 is 5.97 Å².